The molecule has 1 rings (SSSR count). The van der Waals surface area contributed by atoms with Crippen molar-refractivity contribution in [1.29, 1.82) is 0 Å². The van der Waals surface area contributed by atoms with Crippen molar-refractivity contribution in [3.8, 4) is 0 Å². The molecule has 0 radical (unpaired) electrons. The van der Waals surface area contributed by atoms with Crippen LogP contribution in [-0.2, 0) is 18.2 Å². The molecule has 1 heterocycles. The van der Waals surface area contributed by atoms with Gasteiger partial charge < -0.3 is 15.0 Å². The number of nitrogens with zero attached hydrogens (tertiary/aromatic N) is 3. The summed E-state index contributed by atoms with van der Waals surface area (Å²) in [4.78, 5) is 2.33. The smallest absolute Gasteiger partial charge is 0.0587 e. The summed E-state index contributed by atoms with van der Waals surface area (Å²) < 4.78 is 6.82. The molecular formula is C12H24N4O. The van der Waals surface area contributed by atoms with Crippen molar-refractivity contribution in [3.63, 3.8) is 0 Å². The van der Waals surface area contributed by atoms with Gasteiger partial charge >= 0.3 is 0 Å². The third kappa shape index (κ3) is 6.41. The Labute approximate surface area is 104 Å². The Morgan fingerprint density at radius 1 is 1.41 bits per heavy atom. The Bertz CT molecular complexity index is 300. The number of ether oxygens (including phenoxy) is 1. The van der Waals surface area contributed by atoms with Crippen molar-refractivity contribution < 1.29 is 4.74 Å². The fourth-order valence-corrected chi connectivity index (χ4v) is 1.60. The molecule has 0 amide bonds. The van der Waals surface area contributed by atoms with Crippen LogP contribution in [0.1, 0.15) is 5.56 Å². The van der Waals surface area contributed by atoms with E-state index < -0.39 is 0 Å². The van der Waals surface area contributed by atoms with Crippen LogP contribution in [-0.4, -0.2) is 61.6 Å². The monoisotopic (exact) mass is 240 g/mol. The van der Waals surface area contributed by atoms with Gasteiger partial charge in [-0.05, 0) is 19.0 Å². The summed E-state index contributed by atoms with van der Waals surface area (Å²) in [5.41, 5.74) is 1.30. The zero-order valence-electron chi connectivity index (χ0n) is 11.1. The SMILES string of the molecule is COCCNCCN(C)CCc1cnn(C)c1. The van der Waals surface area contributed by atoms with E-state index in [1.54, 1.807) is 7.11 Å². The van der Waals surface area contributed by atoms with Gasteiger partial charge in [0.25, 0.3) is 0 Å². The number of methoxy groups -OCH3 is 1. The van der Waals surface area contributed by atoms with E-state index in [9.17, 15) is 0 Å². The topological polar surface area (TPSA) is 42.3 Å². The highest BCUT2D eigenvalue weighted by Crippen LogP contribution is 1.98. The van der Waals surface area contributed by atoms with Crippen LogP contribution in [0.15, 0.2) is 12.4 Å². The molecule has 0 unspecified atom stereocenters. The first-order valence-electron chi connectivity index (χ1n) is 6.08. The molecule has 0 atom stereocenters. The van der Waals surface area contributed by atoms with E-state index in [0.29, 0.717) is 0 Å². The molecule has 0 aliphatic heterocycles. The van der Waals surface area contributed by atoms with E-state index in [-0.39, 0.29) is 0 Å². The van der Waals surface area contributed by atoms with Crippen LogP contribution in [0.3, 0.4) is 0 Å². The van der Waals surface area contributed by atoms with E-state index in [4.69, 9.17) is 4.74 Å². The Morgan fingerprint density at radius 3 is 2.88 bits per heavy atom. The fraction of sp³-hybridized carbons (Fsp3) is 0.750. The maximum absolute atomic E-state index is 4.97. The first kappa shape index (κ1) is 14.2. The average molecular weight is 240 g/mol. The highest BCUT2D eigenvalue weighted by atomic mass is 16.5. The van der Waals surface area contributed by atoms with Crippen LogP contribution in [0, 0.1) is 0 Å². The number of likely N-dealkylation sites (N-methyl/N-ethyl adjacent to an activating group) is 1. The van der Waals surface area contributed by atoms with Gasteiger partial charge in [0, 0.05) is 46.5 Å². The van der Waals surface area contributed by atoms with Gasteiger partial charge in [0.15, 0.2) is 0 Å². The summed E-state index contributed by atoms with van der Waals surface area (Å²) in [5, 5.41) is 7.50. The number of aromatic nitrogens is 2. The second kappa shape index (κ2) is 8.22. The van der Waals surface area contributed by atoms with Crippen molar-refractivity contribution in [3.05, 3.63) is 18.0 Å². The molecule has 0 aliphatic carbocycles. The van der Waals surface area contributed by atoms with Gasteiger partial charge in [0.2, 0.25) is 0 Å². The second-order valence-corrected chi connectivity index (χ2v) is 4.32. The molecule has 5 nitrogen and oxygen atoms in total. The fourth-order valence-electron chi connectivity index (χ4n) is 1.60. The van der Waals surface area contributed by atoms with Crippen molar-refractivity contribution in [2.75, 3.05) is 46.9 Å². The third-order valence-electron chi connectivity index (χ3n) is 2.69. The first-order valence-corrected chi connectivity index (χ1v) is 6.08. The number of hydrogen-bond acceptors (Lipinski definition) is 4. The minimum Gasteiger partial charge on any atom is -0.383 e. The zero-order valence-corrected chi connectivity index (χ0v) is 11.1. The maximum atomic E-state index is 4.97. The summed E-state index contributed by atoms with van der Waals surface area (Å²) in [7, 11) is 5.82. The number of rotatable bonds is 9. The molecule has 0 saturated carbocycles. The zero-order chi connectivity index (χ0) is 12.5. The highest BCUT2D eigenvalue weighted by molar-refractivity contribution is 5.03. The molecular weight excluding hydrogens is 216 g/mol. The lowest BCUT2D eigenvalue weighted by Crippen LogP contribution is -2.32. The maximum Gasteiger partial charge on any atom is 0.0587 e. The molecule has 1 N–H and O–H groups in total. The summed E-state index contributed by atoms with van der Waals surface area (Å²) >= 11 is 0. The van der Waals surface area contributed by atoms with E-state index in [2.05, 4.69) is 28.6 Å². The van der Waals surface area contributed by atoms with Gasteiger partial charge in [-0.1, -0.05) is 0 Å². The van der Waals surface area contributed by atoms with E-state index in [0.717, 1.165) is 39.2 Å². The molecule has 1 aromatic rings. The van der Waals surface area contributed by atoms with E-state index >= 15 is 0 Å². The van der Waals surface area contributed by atoms with Gasteiger partial charge in [0.05, 0.1) is 12.8 Å². The van der Waals surface area contributed by atoms with Crippen LogP contribution < -0.4 is 5.32 Å². The largest absolute Gasteiger partial charge is 0.383 e. The lowest BCUT2D eigenvalue weighted by molar-refractivity contribution is 0.198. The Balaban J connectivity index is 2.03. The Hall–Kier alpha value is -0.910. The molecule has 0 bridgehead atoms. The Kier molecular flexibility index (Phi) is 6.84. The van der Waals surface area contributed by atoms with Crippen molar-refractivity contribution in [1.82, 2.24) is 20.0 Å². The average Bonchev–Trinajstić information content (AvgIpc) is 2.72. The van der Waals surface area contributed by atoms with Crippen molar-refractivity contribution in [2.24, 2.45) is 7.05 Å². The van der Waals surface area contributed by atoms with Gasteiger partial charge in [-0.3, -0.25) is 4.68 Å². The molecule has 0 spiro atoms. The van der Waals surface area contributed by atoms with Crippen molar-refractivity contribution in [2.45, 2.75) is 6.42 Å². The van der Waals surface area contributed by atoms with Crippen LogP contribution >= 0.6 is 0 Å². The molecule has 0 saturated heterocycles. The van der Waals surface area contributed by atoms with Crippen LogP contribution in [0.5, 0.6) is 0 Å². The summed E-state index contributed by atoms with van der Waals surface area (Å²) in [5.74, 6) is 0. The molecule has 0 aromatic carbocycles. The minimum absolute atomic E-state index is 0.777. The number of nitrogens with one attached hydrogen (secondary N) is 1. The van der Waals surface area contributed by atoms with Crippen LogP contribution in [0.4, 0.5) is 0 Å². The predicted molar refractivity (Wildman–Crippen MR) is 69.2 cm³/mol. The van der Waals surface area contributed by atoms with E-state index in [1.807, 2.05) is 17.9 Å². The highest BCUT2D eigenvalue weighted by Gasteiger charge is 2.00. The molecule has 1 aromatic heterocycles. The lowest BCUT2D eigenvalue weighted by atomic mass is 10.2. The lowest BCUT2D eigenvalue weighted by Gasteiger charge is -2.16. The molecule has 0 fully saturated rings. The molecule has 17 heavy (non-hydrogen) atoms. The van der Waals surface area contributed by atoms with Gasteiger partial charge in [-0.2, -0.15) is 5.10 Å². The molecule has 0 aliphatic rings. The molecule has 98 valence electrons. The van der Waals surface area contributed by atoms with Gasteiger partial charge in [0.1, 0.15) is 0 Å². The quantitative estimate of drug-likeness (QED) is 0.623. The summed E-state index contributed by atoms with van der Waals surface area (Å²) in [6.45, 7) is 4.83. The van der Waals surface area contributed by atoms with Crippen LogP contribution in [0.25, 0.3) is 0 Å². The normalized spacial score (nSPS) is 11.3. The van der Waals surface area contributed by atoms with E-state index in [1.165, 1.54) is 5.56 Å². The number of hydrogen-bond donors (Lipinski definition) is 1. The Morgan fingerprint density at radius 2 is 2.24 bits per heavy atom. The number of aryl methyl sites for hydroxylation is 1. The van der Waals surface area contributed by atoms with Gasteiger partial charge in [-0.25, -0.2) is 0 Å². The summed E-state index contributed by atoms with van der Waals surface area (Å²) in [6, 6.07) is 0. The predicted octanol–water partition coefficient (Wildman–Crippen LogP) is 0.130. The second-order valence-electron chi connectivity index (χ2n) is 4.32. The van der Waals surface area contributed by atoms with Crippen molar-refractivity contribution >= 4 is 0 Å². The molecule has 5 heteroatoms. The third-order valence-corrected chi connectivity index (χ3v) is 2.69. The van der Waals surface area contributed by atoms with Crippen LogP contribution in [0.2, 0.25) is 0 Å². The standard InChI is InChI=1S/C12H24N4O/c1-15(8-5-13-6-9-17-3)7-4-12-10-14-16(2)11-12/h10-11,13H,4-9H2,1-3H3. The first-order chi connectivity index (χ1) is 8.22. The van der Waals surface area contributed by atoms with Gasteiger partial charge in [-0.15, -0.1) is 0 Å². The minimum atomic E-state index is 0.777. The summed E-state index contributed by atoms with van der Waals surface area (Å²) in [6.07, 6.45) is 5.07.